The normalized spacial score (nSPS) is 10.3. The monoisotopic (exact) mass is 269 g/mol. The van der Waals surface area contributed by atoms with Crippen LogP contribution in [0.25, 0.3) is 0 Å². The molecule has 0 atom stereocenters. The summed E-state index contributed by atoms with van der Waals surface area (Å²) in [6, 6.07) is 7.72. The van der Waals surface area contributed by atoms with Crippen molar-refractivity contribution in [3.05, 3.63) is 41.3 Å². The smallest absolute Gasteiger partial charge is 0.190 e. The molecule has 0 radical (unpaired) electrons. The molecule has 0 aliphatic carbocycles. The van der Waals surface area contributed by atoms with Crippen LogP contribution in [0.15, 0.2) is 35.5 Å². The van der Waals surface area contributed by atoms with Gasteiger partial charge >= 0.3 is 0 Å². The van der Waals surface area contributed by atoms with E-state index in [4.69, 9.17) is 11.6 Å². The van der Waals surface area contributed by atoms with Crippen molar-refractivity contribution in [2.75, 3.05) is 11.6 Å². The molecule has 0 spiro atoms. The maximum Gasteiger partial charge on any atom is 0.190 e. The maximum absolute atomic E-state index is 13.0. The van der Waals surface area contributed by atoms with Gasteiger partial charge in [-0.3, -0.25) is 0 Å². The minimum Gasteiger partial charge on any atom is -0.340 e. The number of halogens is 2. The van der Waals surface area contributed by atoms with Gasteiger partial charge in [-0.1, -0.05) is 29.4 Å². The lowest BCUT2D eigenvalue weighted by Crippen LogP contribution is -1.96. The Bertz CT molecular complexity index is 536. The number of nitrogens with one attached hydrogen (secondary N) is 1. The van der Waals surface area contributed by atoms with Gasteiger partial charge in [0.25, 0.3) is 0 Å². The molecule has 2 aromatic rings. The Balaban J connectivity index is 2.26. The van der Waals surface area contributed by atoms with Crippen LogP contribution in [-0.2, 0) is 0 Å². The van der Waals surface area contributed by atoms with Gasteiger partial charge < -0.3 is 5.32 Å². The molecule has 1 N–H and O–H groups in total. The molecule has 6 heteroatoms. The molecule has 0 aliphatic heterocycles. The van der Waals surface area contributed by atoms with Gasteiger partial charge in [-0.15, -0.1) is 0 Å². The number of aromatic nitrogens is 2. The molecule has 0 amide bonds. The van der Waals surface area contributed by atoms with Crippen LogP contribution in [0.4, 0.5) is 15.9 Å². The fraction of sp³-hybridized carbons (Fsp3) is 0.0909. The minimum absolute atomic E-state index is 0.305. The maximum atomic E-state index is 13.0. The van der Waals surface area contributed by atoms with Crippen molar-refractivity contribution in [2.45, 2.75) is 5.16 Å². The first-order valence-corrected chi connectivity index (χ1v) is 6.39. The number of thioether (sulfide) groups is 1. The first-order valence-electron chi connectivity index (χ1n) is 4.78. The lowest BCUT2D eigenvalue weighted by Gasteiger charge is -2.06. The number of hydrogen-bond acceptors (Lipinski definition) is 4. The standard InChI is InChI=1S/C11H9ClFN3S/c1-17-11-15-9(12)6-10(16-11)14-8-4-2-3-7(13)5-8/h2-6H,1H3,(H,14,15,16). The first-order chi connectivity index (χ1) is 8.17. The summed E-state index contributed by atoms with van der Waals surface area (Å²) in [6.45, 7) is 0. The van der Waals surface area contributed by atoms with Gasteiger partial charge in [0, 0.05) is 11.8 Å². The quantitative estimate of drug-likeness (QED) is 0.523. The van der Waals surface area contributed by atoms with E-state index in [-0.39, 0.29) is 5.82 Å². The molecular weight excluding hydrogens is 261 g/mol. The summed E-state index contributed by atoms with van der Waals surface area (Å²) in [5.74, 6) is 0.236. The van der Waals surface area contributed by atoms with E-state index in [0.29, 0.717) is 21.8 Å². The zero-order valence-corrected chi connectivity index (χ0v) is 10.5. The van der Waals surface area contributed by atoms with E-state index in [9.17, 15) is 4.39 Å². The van der Waals surface area contributed by atoms with Gasteiger partial charge in [-0.05, 0) is 24.5 Å². The summed E-state index contributed by atoms with van der Waals surface area (Å²) in [7, 11) is 0. The molecule has 17 heavy (non-hydrogen) atoms. The van der Waals surface area contributed by atoms with Crippen molar-refractivity contribution in [3.63, 3.8) is 0 Å². The summed E-state index contributed by atoms with van der Waals surface area (Å²) in [5, 5.41) is 3.89. The van der Waals surface area contributed by atoms with Gasteiger partial charge in [0.1, 0.15) is 16.8 Å². The SMILES string of the molecule is CSc1nc(Cl)cc(Nc2cccc(F)c2)n1. The van der Waals surface area contributed by atoms with Crippen LogP contribution in [0.1, 0.15) is 0 Å². The third-order valence-electron chi connectivity index (χ3n) is 1.95. The number of benzene rings is 1. The van der Waals surface area contributed by atoms with E-state index in [2.05, 4.69) is 15.3 Å². The number of hydrogen-bond donors (Lipinski definition) is 1. The van der Waals surface area contributed by atoms with Gasteiger partial charge in [-0.25, -0.2) is 14.4 Å². The summed E-state index contributed by atoms with van der Waals surface area (Å²) >= 11 is 7.24. The van der Waals surface area contributed by atoms with Crippen molar-refractivity contribution < 1.29 is 4.39 Å². The molecule has 1 aromatic heterocycles. The van der Waals surface area contributed by atoms with Gasteiger partial charge in [0.15, 0.2) is 5.16 Å². The highest BCUT2D eigenvalue weighted by Gasteiger charge is 2.03. The predicted molar refractivity (Wildman–Crippen MR) is 68.5 cm³/mol. The molecule has 0 saturated carbocycles. The van der Waals surface area contributed by atoms with E-state index < -0.39 is 0 Å². The minimum atomic E-state index is -0.305. The van der Waals surface area contributed by atoms with Crippen LogP contribution in [-0.4, -0.2) is 16.2 Å². The lowest BCUT2D eigenvalue weighted by molar-refractivity contribution is 0.628. The van der Waals surface area contributed by atoms with Crippen molar-refractivity contribution in [3.8, 4) is 0 Å². The molecule has 3 nitrogen and oxygen atoms in total. The molecule has 0 unspecified atom stereocenters. The molecule has 1 heterocycles. The van der Waals surface area contributed by atoms with Crippen LogP contribution in [0.2, 0.25) is 5.15 Å². The van der Waals surface area contributed by atoms with Crippen molar-refractivity contribution in [1.29, 1.82) is 0 Å². The molecule has 0 bridgehead atoms. The van der Waals surface area contributed by atoms with E-state index in [1.165, 1.54) is 23.9 Å². The predicted octanol–water partition coefficient (Wildman–Crippen LogP) is 3.73. The second kappa shape index (κ2) is 5.33. The highest BCUT2D eigenvalue weighted by Crippen LogP contribution is 2.21. The molecule has 0 aliphatic rings. The third-order valence-corrected chi connectivity index (χ3v) is 2.70. The highest BCUT2D eigenvalue weighted by atomic mass is 35.5. The van der Waals surface area contributed by atoms with Crippen molar-refractivity contribution in [2.24, 2.45) is 0 Å². The Labute approximate surface area is 107 Å². The molecule has 1 aromatic carbocycles. The van der Waals surface area contributed by atoms with E-state index in [1.807, 2.05) is 6.26 Å². The summed E-state index contributed by atoms with van der Waals surface area (Å²) in [5.41, 5.74) is 0.617. The van der Waals surface area contributed by atoms with E-state index >= 15 is 0 Å². The van der Waals surface area contributed by atoms with Crippen LogP contribution >= 0.6 is 23.4 Å². The van der Waals surface area contributed by atoms with Crippen molar-refractivity contribution in [1.82, 2.24) is 9.97 Å². The van der Waals surface area contributed by atoms with Crippen LogP contribution < -0.4 is 5.32 Å². The molecule has 0 saturated heterocycles. The van der Waals surface area contributed by atoms with Gasteiger partial charge in [0.2, 0.25) is 0 Å². The zero-order valence-electron chi connectivity index (χ0n) is 8.95. The highest BCUT2D eigenvalue weighted by molar-refractivity contribution is 7.98. The van der Waals surface area contributed by atoms with Gasteiger partial charge in [0.05, 0.1) is 0 Å². The summed E-state index contributed by atoms with van der Waals surface area (Å²) in [4.78, 5) is 8.23. The first kappa shape index (κ1) is 12.1. The largest absolute Gasteiger partial charge is 0.340 e. The average Bonchev–Trinajstić information content (AvgIpc) is 2.28. The van der Waals surface area contributed by atoms with Crippen LogP contribution in [0.3, 0.4) is 0 Å². The van der Waals surface area contributed by atoms with E-state index in [0.717, 1.165) is 0 Å². The van der Waals surface area contributed by atoms with Crippen LogP contribution in [0.5, 0.6) is 0 Å². The van der Waals surface area contributed by atoms with Crippen molar-refractivity contribution >= 4 is 34.9 Å². The lowest BCUT2D eigenvalue weighted by atomic mass is 10.3. The Morgan fingerprint density at radius 1 is 1.29 bits per heavy atom. The molecular formula is C11H9ClFN3S. The fourth-order valence-electron chi connectivity index (χ4n) is 1.27. The Kier molecular flexibility index (Phi) is 3.81. The second-order valence-corrected chi connectivity index (χ2v) is 4.36. The Hall–Kier alpha value is -1.33. The average molecular weight is 270 g/mol. The Morgan fingerprint density at radius 2 is 2.12 bits per heavy atom. The number of nitrogens with zero attached hydrogens (tertiary/aromatic N) is 2. The third kappa shape index (κ3) is 3.31. The zero-order chi connectivity index (χ0) is 12.3. The Morgan fingerprint density at radius 3 is 2.82 bits per heavy atom. The molecule has 88 valence electrons. The summed E-state index contributed by atoms with van der Waals surface area (Å²) in [6.07, 6.45) is 1.86. The van der Waals surface area contributed by atoms with Crippen LogP contribution in [0, 0.1) is 5.82 Å². The summed E-state index contributed by atoms with van der Waals surface area (Å²) < 4.78 is 13.0. The number of anilines is 2. The van der Waals surface area contributed by atoms with Gasteiger partial charge in [-0.2, -0.15) is 0 Å². The second-order valence-electron chi connectivity index (χ2n) is 3.20. The molecule has 2 rings (SSSR count). The topological polar surface area (TPSA) is 37.8 Å². The van der Waals surface area contributed by atoms with E-state index in [1.54, 1.807) is 18.2 Å². The molecule has 0 fully saturated rings. The number of rotatable bonds is 3. The fourth-order valence-corrected chi connectivity index (χ4v) is 1.88.